The maximum absolute atomic E-state index is 12.9. The fraction of sp³-hybridized carbons (Fsp3) is 0.192. The Morgan fingerprint density at radius 3 is 2.09 bits per heavy atom. The number of hydrogen-bond acceptors (Lipinski definition) is 5. The van der Waals surface area contributed by atoms with E-state index in [1.807, 2.05) is 65.7 Å². The number of pyridine rings is 2. The van der Waals surface area contributed by atoms with Crippen molar-refractivity contribution in [1.82, 2.24) is 24.8 Å². The molecule has 0 aliphatic carbocycles. The second kappa shape index (κ2) is 9.06. The van der Waals surface area contributed by atoms with Crippen LogP contribution in [0.5, 0.6) is 0 Å². The highest BCUT2D eigenvalue weighted by atomic mass is 16.2. The topological polar surface area (TPSA) is 71.9 Å². The Bertz CT molecular complexity index is 1190. The summed E-state index contributed by atoms with van der Waals surface area (Å²) in [5, 5.41) is 0. The molecular formula is C26H23N5O. The zero-order valence-electron chi connectivity index (χ0n) is 17.6. The number of likely N-dealkylation sites (tertiary alicyclic amines) is 1. The molecule has 1 saturated heterocycles. The van der Waals surface area contributed by atoms with Gasteiger partial charge in [0.05, 0.1) is 5.69 Å². The molecule has 1 amide bonds. The summed E-state index contributed by atoms with van der Waals surface area (Å²) < 4.78 is 0. The highest BCUT2D eigenvalue weighted by Crippen LogP contribution is 2.35. The van der Waals surface area contributed by atoms with Crippen LogP contribution in [0.4, 0.5) is 0 Å². The molecule has 1 aliphatic heterocycles. The van der Waals surface area contributed by atoms with Gasteiger partial charge in [0, 0.05) is 66.7 Å². The lowest BCUT2D eigenvalue weighted by atomic mass is 9.88. The zero-order valence-corrected chi connectivity index (χ0v) is 17.6. The fourth-order valence-corrected chi connectivity index (χ4v) is 4.22. The first-order valence-electron chi connectivity index (χ1n) is 10.8. The Hall–Kier alpha value is -3.93. The number of amides is 1. The summed E-state index contributed by atoms with van der Waals surface area (Å²) in [5.74, 6) is 1.04. The summed E-state index contributed by atoms with van der Waals surface area (Å²) in [7, 11) is 0. The lowest BCUT2D eigenvalue weighted by Gasteiger charge is -2.32. The number of hydrogen-bond donors (Lipinski definition) is 0. The third-order valence-corrected chi connectivity index (χ3v) is 5.94. The van der Waals surface area contributed by atoms with Crippen LogP contribution in [0.1, 0.15) is 34.8 Å². The first-order valence-corrected chi connectivity index (χ1v) is 10.8. The number of carbonyl (C=O) groups is 1. The minimum atomic E-state index is 0.0959. The molecule has 0 saturated carbocycles. The summed E-state index contributed by atoms with van der Waals surface area (Å²) >= 11 is 0. The monoisotopic (exact) mass is 421 g/mol. The molecule has 3 aromatic heterocycles. The number of nitrogens with zero attached hydrogens (tertiary/aromatic N) is 5. The van der Waals surface area contributed by atoms with Gasteiger partial charge in [0.15, 0.2) is 5.82 Å². The van der Waals surface area contributed by atoms with E-state index in [4.69, 9.17) is 4.98 Å². The van der Waals surface area contributed by atoms with Crippen molar-refractivity contribution in [2.45, 2.75) is 18.8 Å². The maximum Gasteiger partial charge on any atom is 0.253 e. The molecule has 0 radical (unpaired) electrons. The van der Waals surface area contributed by atoms with E-state index in [0.717, 1.165) is 40.8 Å². The molecule has 0 spiro atoms. The summed E-state index contributed by atoms with van der Waals surface area (Å²) in [6.07, 6.45) is 10.7. The van der Waals surface area contributed by atoms with E-state index in [2.05, 4.69) is 15.0 Å². The number of rotatable bonds is 4. The summed E-state index contributed by atoms with van der Waals surface area (Å²) in [5.41, 5.74) is 4.80. The van der Waals surface area contributed by atoms with E-state index >= 15 is 0 Å². The molecule has 0 N–H and O–H groups in total. The molecule has 1 aliphatic rings. The van der Waals surface area contributed by atoms with Crippen molar-refractivity contribution >= 4 is 5.91 Å². The van der Waals surface area contributed by atoms with Crippen LogP contribution in [0, 0.1) is 0 Å². The van der Waals surface area contributed by atoms with Crippen LogP contribution >= 0.6 is 0 Å². The largest absolute Gasteiger partial charge is 0.339 e. The molecule has 4 aromatic rings. The first-order chi connectivity index (χ1) is 15.8. The van der Waals surface area contributed by atoms with E-state index in [9.17, 15) is 4.79 Å². The van der Waals surface area contributed by atoms with Crippen molar-refractivity contribution in [1.29, 1.82) is 0 Å². The van der Waals surface area contributed by atoms with Gasteiger partial charge in [0.1, 0.15) is 0 Å². The van der Waals surface area contributed by atoms with Crippen molar-refractivity contribution in [3.8, 4) is 22.5 Å². The Labute approximate surface area is 187 Å². The molecule has 32 heavy (non-hydrogen) atoms. The van der Waals surface area contributed by atoms with Crippen LogP contribution in [0.15, 0.2) is 85.6 Å². The number of piperidine rings is 1. The van der Waals surface area contributed by atoms with E-state index in [0.29, 0.717) is 18.9 Å². The van der Waals surface area contributed by atoms with E-state index < -0.39 is 0 Å². The Balaban J connectivity index is 1.43. The molecule has 0 unspecified atom stereocenters. The van der Waals surface area contributed by atoms with Crippen LogP contribution < -0.4 is 0 Å². The van der Waals surface area contributed by atoms with Crippen molar-refractivity contribution < 1.29 is 4.79 Å². The van der Waals surface area contributed by atoms with Gasteiger partial charge in [0.2, 0.25) is 0 Å². The van der Waals surface area contributed by atoms with Gasteiger partial charge in [-0.05, 0) is 54.8 Å². The molecular weight excluding hydrogens is 398 g/mol. The minimum Gasteiger partial charge on any atom is -0.339 e. The zero-order chi connectivity index (χ0) is 21.8. The Morgan fingerprint density at radius 1 is 0.812 bits per heavy atom. The van der Waals surface area contributed by atoms with Crippen LogP contribution in [-0.2, 0) is 0 Å². The molecule has 158 valence electrons. The van der Waals surface area contributed by atoms with Crippen LogP contribution in [0.3, 0.4) is 0 Å². The second-order valence-corrected chi connectivity index (χ2v) is 7.90. The molecule has 0 atom stereocenters. The molecule has 4 heterocycles. The second-order valence-electron chi connectivity index (χ2n) is 7.90. The third kappa shape index (κ3) is 4.12. The lowest BCUT2D eigenvalue weighted by molar-refractivity contribution is 0.0712. The van der Waals surface area contributed by atoms with Crippen LogP contribution in [0.25, 0.3) is 22.5 Å². The quantitative estimate of drug-likeness (QED) is 0.481. The third-order valence-electron chi connectivity index (χ3n) is 5.94. The van der Waals surface area contributed by atoms with Crippen molar-refractivity contribution in [2.24, 2.45) is 0 Å². The molecule has 5 rings (SSSR count). The van der Waals surface area contributed by atoms with Gasteiger partial charge in [-0.25, -0.2) is 9.97 Å². The minimum absolute atomic E-state index is 0.0959. The highest BCUT2D eigenvalue weighted by Gasteiger charge is 2.27. The number of benzene rings is 1. The van der Waals surface area contributed by atoms with Gasteiger partial charge in [-0.1, -0.05) is 18.2 Å². The first kappa shape index (κ1) is 20.0. The number of carbonyl (C=O) groups excluding carboxylic acids is 1. The van der Waals surface area contributed by atoms with Gasteiger partial charge in [-0.15, -0.1) is 0 Å². The standard InChI is InChI=1S/C26H23N5O/c32-26(22-4-2-1-3-5-22)31-16-10-20(11-17-31)24-23(19-6-12-27-13-7-19)18-29-25(30-24)21-8-14-28-15-9-21/h1-9,12-15,18,20H,10-11,16-17H2. The van der Waals surface area contributed by atoms with E-state index in [1.54, 1.807) is 24.8 Å². The van der Waals surface area contributed by atoms with Gasteiger partial charge in [0.25, 0.3) is 5.91 Å². The van der Waals surface area contributed by atoms with Crippen LogP contribution in [-0.4, -0.2) is 43.8 Å². The molecule has 6 heteroatoms. The molecule has 1 fully saturated rings. The van der Waals surface area contributed by atoms with Crippen LogP contribution in [0.2, 0.25) is 0 Å². The average molecular weight is 422 g/mol. The predicted octanol–water partition coefficient (Wildman–Crippen LogP) is 4.62. The summed E-state index contributed by atoms with van der Waals surface area (Å²) in [4.78, 5) is 32.7. The van der Waals surface area contributed by atoms with Crippen molar-refractivity contribution in [3.05, 3.63) is 96.8 Å². The van der Waals surface area contributed by atoms with Crippen molar-refractivity contribution in [3.63, 3.8) is 0 Å². The summed E-state index contributed by atoms with van der Waals surface area (Å²) in [6.45, 7) is 1.42. The van der Waals surface area contributed by atoms with Gasteiger partial charge < -0.3 is 4.90 Å². The van der Waals surface area contributed by atoms with Gasteiger partial charge >= 0.3 is 0 Å². The smallest absolute Gasteiger partial charge is 0.253 e. The van der Waals surface area contributed by atoms with Gasteiger partial charge in [-0.2, -0.15) is 0 Å². The Morgan fingerprint density at radius 2 is 1.44 bits per heavy atom. The average Bonchev–Trinajstić information content (AvgIpc) is 2.89. The van der Waals surface area contributed by atoms with Gasteiger partial charge in [-0.3, -0.25) is 14.8 Å². The predicted molar refractivity (Wildman–Crippen MR) is 123 cm³/mol. The number of aromatic nitrogens is 4. The fourth-order valence-electron chi connectivity index (χ4n) is 4.22. The Kier molecular flexibility index (Phi) is 5.66. The van der Waals surface area contributed by atoms with E-state index in [1.165, 1.54) is 0 Å². The molecule has 6 nitrogen and oxygen atoms in total. The summed E-state index contributed by atoms with van der Waals surface area (Å²) in [6, 6.07) is 17.3. The SMILES string of the molecule is O=C(c1ccccc1)N1CCC(c2nc(-c3ccncc3)ncc2-c2ccncc2)CC1. The van der Waals surface area contributed by atoms with Crippen molar-refractivity contribution in [2.75, 3.05) is 13.1 Å². The van der Waals surface area contributed by atoms with E-state index in [-0.39, 0.29) is 11.8 Å². The lowest BCUT2D eigenvalue weighted by Crippen LogP contribution is -2.38. The maximum atomic E-state index is 12.9. The highest BCUT2D eigenvalue weighted by molar-refractivity contribution is 5.94. The normalized spacial score (nSPS) is 14.3. The molecule has 0 bridgehead atoms. The molecule has 1 aromatic carbocycles.